The minimum atomic E-state index is 0.794. The lowest BCUT2D eigenvalue weighted by atomic mass is 10.3. The second-order valence-corrected chi connectivity index (χ2v) is 5.42. The molecule has 1 aromatic carbocycles. The fourth-order valence-electron chi connectivity index (χ4n) is 1.36. The fraction of sp³-hybridized carbons (Fsp3) is 0.167. The second-order valence-electron chi connectivity index (χ2n) is 3.48. The van der Waals surface area contributed by atoms with Gasteiger partial charge in [-0.05, 0) is 37.3 Å². The van der Waals surface area contributed by atoms with E-state index in [1.807, 2.05) is 37.3 Å². The number of hydrogen-bond donors (Lipinski definition) is 1. The molecule has 16 heavy (non-hydrogen) atoms. The van der Waals surface area contributed by atoms with Crippen molar-refractivity contribution in [3.63, 3.8) is 0 Å². The van der Waals surface area contributed by atoms with Crippen LogP contribution in [-0.2, 0) is 5.75 Å². The lowest BCUT2D eigenvalue weighted by Crippen LogP contribution is -1.88. The summed E-state index contributed by atoms with van der Waals surface area (Å²) in [5.74, 6) is 2.73. The summed E-state index contributed by atoms with van der Waals surface area (Å²) in [5, 5.41) is 0. The predicted octanol–water partition coefficient (Wildman–Crippen LogP) is 4.23. The molecule has 0 spiro atoms. The van der Waals surface area contributed by atoms with Gasteiger partial charge >= 0.3 is 0 Å². The predicted molar refractivity (Wildman–Crippen MR) is 71.6 cm³/mol. The van der Waals surface area contributed by atoms with Crippen LogP contribution in [0.1, 0.15) is 11.5 Å². The zero-order valence-electron chi connectivity index (χ0n) is 8.87. The van der Waals surface area contributed by atoms with Gasteiger partial charge < -0.3 is 10.2 Å². The van der Waals surface area contributed by atoms with Crippen molar-refractivity contribution in [1.29, 1.82) is 0 Å². The number of halogens is 1. The number of nitrogens with two attached hydrogens (primary N) is 1. The minimum absolute atomic E-state index is 0.794. The van der Waals surface area contributed by atoms with E-state index in [1.54, 1.807) is 11.8 Å². The molecule has 0 saturated carbocycles. The van der Waals surface area contributed by atoms with E-state index < -0.39 is 0 Å². The zero-order chi connectivity index (χ0) is 11.5. The topological polar surface area (TPSA) is 39.2 Å². The van der Waals surface area contributed by atoms with Crippen molar-refractivity contribution >= 4 is 33.4 Å². The number of furan rings is 1. The van der Waals surface area contributed by atoms with Gasteiger partial charge in [0.15, 0.2) is 0 Å². The van der Waals surface area contributed by atoms with Gasteiger partial charge in [0.05, 0.1) is 5.75 Å². The SMILES string of the molecule is Cc1ccc(CSc2ccc(Br)cc2N)o1. The highest BCUT2D eigenvalue weighted by Gasteiger charge is 2.03. The Bertz CT molecular complexity index is 496. The van der Waals surface area contributed by atoms with Gasteiger partial charge in [-0.25, -0.2) is 0 Å². The number of benzene rings is 1. The normalized spacial score (nSPS) is 10.6. The van der Waals surface area contributed by atoms with Crippen molar-refractivity contribution in [2.45, 2.75) is 17.6 Å². The molecule has 2 nitrogen and oxygen atoms in total. The van der Waals surface area contributed by atoms with Crippen LogP contribution in [-0.4, -0.2) is 0 Å². The van der Waals surface area contributed by atoms with E-state index >= 15 is 0 Å². The van der Waals surface area contributed by atoms with Gasteiger partial charge in [0.25, 0.3) is 0 Å². The molecule has 0 amide bonds. The lowest BCUT2D eigenvalue weighted by Gasteiger charge is -2.04. The molecule has 2 N–H and O–H groups in total. The maximum absolute atomic E-state index is 5.91. The molecule has 0 fully saturated rings. The molecular weight excluding hydrogens is 286 g/mol. The van der Waals surface area contributed by atoms with Crippen molar-refractivity contribution < 1.29 is 4.42 Å². The van der Waals surface area contributed by atoms with Crippen LogP contribution in [0.4, 0.5) is 5.69 Å². The summed E-state index contributed by atoms with van der Waals surface area (Å²) in [6.45, 7) is 1.95. The van der Waals surface area contributed by atoms with E-state index in [0.717, 1.165) is 32.3 Å². The largest absolute Gasteiger partial charge is 0.465 e. The molecule has 2 aromatic rings. The standard InChI is InChI=1S/C12H12BrNOS/c1-8-2-4-10(15-8)7-16-12-5-3-9(13)6-11(12)14/h2-6H,7,14H2,1H3. The quantitative estimate of drug-likeness (QED) is 0.681. The fourth-order valence-corrected chi connectivity index (χ4v) is 2.58. The summed E-state index contributed by atoms with van der Waals surface area (Å²) in [5.41, 5.74) is 6.70. The first-order valence-electron chi connectivity index (χ1n) is 4.88. The van der Waals surface area contributed by atoms with Gasteiger partial charge in [0.2, 0.25) is 0 Å². The number of thioether (sulfide) groups is 1. The molecule has 84 valence electrons. The summed E-state index contributed by atoms with van der Waals surface area (Å²) in [6.07, 6.45) is 0. The van der Waals surface area contributed by atoms with E-state index in [2.05, 4.69) is 15.9 Å². The Labute approximate surface area is 107 Å². The molecule has 0 aliphatic carbocycles. The van der Waals surface area contributed by atoms with Gasteiger partial charge in [-0.3, -0.25) is 0 Å². The Balaban J connectivity index is 2.04. The Kier molecular flexibility index (Phi) is 3.61. The monoisotopic (exact) mass is 297 g/mol. The maximum atomic E-state index is 5.91. The van der Waals surface area contributed by atoms with E-state index in [4.69, 9.17) is 10.2 Å². The first kappa shape index (κ1) is 11.6. The number of nitrogen functional groups attached to an aromatic ring is 1. The van der Waals surface area contributed by atoms with E-state index in [-0.39, 0.29) is 0 Å². The summed E-state index contributed by atoms with van der Waals surface area (Å²) >= 11 is 5.07. The summed E-state index contributed by atoms with van der Waals surface area (Å²) in [6, 6.07) is 9.89. The molecule has 0 bridgehead atoms. The van der Waals surface area contributed by atoms with E-state index in [9.17, 15) is 0 Å². The molecular formula is C12H12BrNOS. The van der Waals surface area contributed by atoms with Gasteiger partial charge in [-0.15, -0.1) is 11.8 Å². The van der Waals surface area contributed by atoms with Gasteiger partial charge in [0.1, 0.15) is 11.5 Å². The molecule has 0 unspecified atom stereocenters. The number of rotatable bonds is 3. The Morgan fingerprint density at radius 1 is 1.31 bits per heavy atom. The third-order valence-electron chi connectivity index (χ3n) is 2.14. The number of anilines is 1. The third-order valence-corrected chi connectivity index (χ3v) is 3.74. The third kappa shape index (κ3) is 2.83. The van der Waals surface area contributed by atoms with Crippen molar-refractivity contribution in [3.05, 3.63) is 46.3 Å². The smallest absolute Gasteiger partial charge is 0.114 e. The van der Waals surface area contributed by atoms with Crippen LogP contribution in [0, 0.1) is 6.92 Å². The van der Waals surface area contributed by atoms with Crippen LogP contribution in [0.5, 0.6) is 0 Å². The average molecular weight is 298 g/mol. The Morgan fingerprint density at radius 2 is 2.12 bits per heavy atom. The van der Waals surface area contributed by atoms with E-state index in [0.29, 0.717) is 0 Å². The summed E-state index contributed by atoms with van der Waals surface area (Å²) in [7, 11) is 0. The van der Waals surface area contributed by atoms with Crippen molar-refractivity contribution in [3.8, 4) is 0 Å². The Hall–Kier alpha value is -0.870. The van der Waals surface area contributed by atoms with Crippen molar-refractivity contribution in [2.75, 3.05) is 5.73 Å². The van der Waals surface area contributed by atoms with Gasteiger partial charge in [-0.2, -0.15) is 0 Å². The van der Waals surface area contributed by atoms with Crippen LogP contribution in [0.2, 0.25) is 0 Å². The van der Waals surface area contributed by atoms with E-state index in [1.165, 1.54) is 0 Å². The highest BCUT2D eigenvalue weighted by Crippen LogP contribution is 2.30. The van der Waals surface area contributed by atoms with Crippen LogP contribution < -0.4 is 5.73 Å². The molecule has 0 aliphatic heterocycles. The van der Waals surface area contributed by atoms with Crippen molar-refractivity contribution in [2.24, 2.45) is 0 Å². The van der Waals surface area contributed by atoms with Crippen molar-refractivity contribution in [1.82, 2.24) is 0 Å². The van der Waals surface area contributed by atoms with Gasteiger partial charge in [-0.1, -0.05) is 15.9 Å². The highest BCUT2D eigenvalue weighted by molar-refractivity contribution is 9.10. The molecule has 0 atom stereocenters. The second kappa shape index (κ2) is 4.97. The van der Waals surface area contributed by atoms with Crippen LogP contribution in [0.15, 0.2) is 44.1 Å². The average Bonchev–Trinajstić information content (AvgIpc) is 2.63. The van der Waals surface area contributed by atoms with Gasteiger partial charge in [0, 0.05) is 15.1 Å². The molecule has 1 heterocycles. The summed E-state index contributed by atoms with van der Waals surface area (Å²) in [4.78, 5) is 1.08. The molecule has 0 radical (unpaired) electrons. The molecule has 1 aromatic heterocycles. The highest BCUT2D eigenvalue weighted by atomic mass is 79.9. The molecule has 2 rings (SSSR count). The lowest BCUT2D eigenvalue weighted by molar-refractivity contribution is 0.501. The number of hydrogen-bond acceptors (Lipinski definition) is 3. The van der Waals surface area contributed by atoms with Crippen LogP contribution >= 0.6 is 27.7 Å². The van der Waals surface area contributed by atoms with Crippen LogP contribution in [0.3, 0.4) is 0 Å². The summed E-state index contributed by atoms with van der Waals surface area (Å²) < 4.78 is 6.50. The minimum Gasteiger partial charge on any atom is -0.465 e. The van der Waals surface area contributed by atoms with Crippen LogP contribution in [0.25, 0.3) is 0 Å². The molecule has 0 aliphatic rings. The number of aryl methyl sites for hydroxylation is 1. The Morgan fingerprint density at radius 3 is 2.75 bits per heavy atom. The zero-order valence-corrected chi connectivity index (χ0v) is 11.3. The maximum Gasteiger partial charge on any atom is 0.114 e. The molecule has 0 saturated heterocycles. The first-order chi connectivity index (χ1) is 7.65. The first-order valence-corrected chi connectivity index (χ1v) is 6.66. The molecule has 4 heteroatoms.